The van der Waals surface area contributed by atoms with Gasteiger partial charge in [-0.2, -0.15) is 0 Å². The van der Waals surface area contributed by atoms with Gasteiger partial charge in [0, 0.05) is 18.9 Å². The molecule has 0 radical (unpaired) electrons. The molecule has 0 spiro atoms. The summed E-state index contributed by atoms with van der Waals surface area (Å²) in [6.07, 6.45) is 4.88. The molecule has 17 heavy (non-hydrogen) atoms. The highest BCUT2D eigenvalue weighted by Gasteiger charge is 2.08. The Hall–Kier alpha value is -1.95. The lowest BCUT2D eigenvalue weighted by molar-refractivity contribution is 0.0702. The fraction of sp³-hybridized carbons (Fsp3) is 0.182. The molecule has 0 atom stereocenters. The number of aromatic carboxylic acids is 1. The molecule has 0 fully saturated rings. The van der Waals surface area contributed by atoms with Crippen LogP contribution in [0.25, 0.3) is 0 Å². The van der Waals surface area contributed by atoms with Crippen molar-refractivity contribution in [1.82, 2.24) is 9.97 Å². The summed E-state index contributed by atoms with van der Waals surface area (Å²) in [6.45, 7) is 2.59. The number of rotatable bonds is 4. The highest BCUT2D eigenvalue weighted by Crippen LogP contribution is 2.19. The van der Waals surface area contributed by atoms with E-state index in [2.05, 4.69) is 15.3 Å². The van der Waals surface area contributed by atoms with Crippen molar-refractivity contribution < 1.29 is 9.90 Å². The molecule has 0 aliphatic heterocycles. The Kier molecular flexibility index (Phi) is 3.34. The van der Waals surface area contributed by atoms with Crippen LogP contribution in [0.5, 0.6) is 0 Å². The average molecular weight is 249 g/mol. The monoisotopic (exact) mass is 249 g/mol. The zero-order valence-electron chi connectivity index (χ0n) is 9.17. The van der Waals surface area contributed by atoms with Crippen molar-refractivity contribution in [2.24, 2.45) is 0 Å². The number of nitrogens with zero attached hydrogens (tertiary/aromatic N) is 2. The Labute approximate surface area is 102 Å². The Balaban J connectivity index is 2.02. The molecule has 88 valence electrons. The topological polar surface area (TPSA) is 75.1 Å². The van der Waals surface area contributed by atoms with Gasteiger partial charge >= 0.3 is 5.97 Å². The van der Waals surface area contributed by atoms with Crippen LogP contribution in [0.15, 0.2) is 24.7 Å². The summed E-state index contributed by atoms with van der Waals surface area (Å²) in [4.78, 5) is 18.9. The van der Waals surface area contributed by atoms with Crippen molar-refractivity contribution in [3.63, 3.8) is 0 Å². The number of carboxylic acids is 1. The SMILES string of the molecule is Cc1ccncc1CNc1ncc(C(=O)O)s1. The maximum absolute atomic E-state index is 10.7. The van der Waals surface area contributed by atoms with Gasteiger partial charge in [-0.15, -0.1) is 0 Å². The summed E-state index contributed by atoms with van der Waals surface area (Å²) in [5.41, 5.74) is 2.21. The predicted octanol–water partition coefficient (Wildman–Crippen LogP) is 2.16. The van der Waals surface area contributed by atoms with Gasteiger partial charge in [-0.05, 0) is 24.1 Å². The van der Waals surface area contributed by atoms with E-state index >= 15 is 0 Å². The number of hydrogen-bond acceptors (Lipinski definition) is 5. The van der Waals surface area contributed by atoms with Crippen molar-refractivity contribution in [1.29, 1.82) is 0 Å². The second-order valence-electron chi connectivity index (χ2n) is 3.49. The first-order chi connectivity index (χ1) is 8.16. The Morgan fingerprint density at radius 3 is 3.00 bits per heavy atom. The summed E-state index contributed by atoms with van der Waals surface area (Å²) in [5.74, 6) is -0.951. The molecule has 2 aromatic heterocycles. The van der Waals surface area contributed by atoms with E-state index in [9.17, 15) is 4.79 Å². The highest BCUT2D eigenvalue weighted by molar-refractivity contribution is 7.17. The number of anilines is 1. The van der Waals surface area contributed by atoms with E-state index in [1.165, 1.54) is 6.20 Å². The lowest BCUT2D eigenvalue weighted by Gasteiger charge is -2.04. The third-order valence-corrected chi connectivity index (χ3v) is 3.24. The first-order valence-electron chi connectivity index (χ1n) is 4.99. The number of aryl methyl sites for hydroxylation is 1. The molecule has 6 heteroatoms. The molecule has 2 aromatic rings. The molecule has 0 saturated carbocycles. The third kappa shape index (κ3) is 2.79. The fourth-order valence-corrected chi connectivity index (χ4v) is 1.96. The van der Waals surface area contributed by atoms with E-state index in [4.69, 9.17) is 5.11 Å². The maximum atomic E-state index is 10.7. The van der Waals surface area contributed by atoms with Crippen LogP contribution >= 0.6 is 11.3 Å². The lowest BCUT2D eigenvalue weighted by atomic mass is 10.2. The summed E-state index contributed by atoms with van der Waals surface area (Å²) < 4.78 is 0. The number of carboxylic acid groups (broad SMARTS) is 1. The summed E-state index contributed by atoms with van der Waals surface area (Å²) in [5, 5.41) is 12.4. The molecular formula is C11H11N3O2S. The van der Waals surface area contributed by atoms with Gasteiger partial charge in [-0.1, -0.05) is 11.3 Å². The van der Waals surface area contributed by atoms with Crippen LogP contribution in [0.3, 0.4) is 0 Å². The number of aromatic nitrogens is 2. The van der Waals surface area contributed by atoms with Gasteiger partial charge in [0.15, 0.2) is 5.13 Å². The molecule has 0 aliphatic carbocycles. The molecule has 0 saturated heterocycles. The zero-order valence-corrected chi connectivity index (χ0v) is 9.99. The zero-order chi connectivity index (χ0) is 12.3. The minimum absolute atomic E-state index is 0.232. The van der Waals surface area contributed by atoms with Crippen LogP contribution in [0.2, 0.25) is 0 Å². The average Bonchev–Trinajstić information content (AvgIpc) is 2.77. The minimum atomic E-state index is -0.951. The maximum Gasteiger partial charge on any atom is 0.347 e. The Morgan fingerprint density at radius 1 is 1.53 bits per heavy atom. The molecule has 2 N–H and O–H groups in total. The van der Waals surface area contributed by atoms with Crippen LogP contribution < -0.4 is 5.32 Å². The smallest absolute Gasteiger partial charge is 0.347 e. The Morgan fingerprint density at radius 2 is 2.35 bits per heavy atom. The van der Waals surface area contributed by atoms with Crippen molar-refractivity contribution in [2.45, 2.75) is 13.5 Å². The van der Waals surface area contributed by atoms with E-state index in [1.807, 2.05) is 13.0 Å². The van der Waals surface area contributed by atoms with Gasteiger partial charge in [0.2, 0.25) is 0 Å². The molecule has 5 nitrogen and oxygen atoms in total. The molecule has 0 unspecified atom stereocenters. The van der Waals surface area contributed by atoms with E-state index < -0.39 is 5.97 Å². The van der Waals surface area contributed by atoms with Gasteiger partial charge in [-0.3, -0.25) is 4.98 Å². The van der Waals surface area contributed by atoms with Gasteiger partial charge in [0.1, 0.15) is 4.88 Å². The van der Waals surface area contributed by atoms with Crippen LogP contribution in [0.1, 0.15) is 20.8 Å². The van der Waals surface area contributed by atoms with Crippen molar-refractivity contribution in [3.05, 3.63) is 40.7 Å². The second kappa shape index (κ2) is 4.92. The second-order valence-corrected chi connectivity index (χ2v) is 4.52. The van der Waals surface area contributed by atoms with Crippen molar-refractivity contribution in [2.75, 3.05) is 5.32 Å². The van der Waals surface area contributed by atoms with Crippen LogP contribution in [-0.4, -0.2) is 21.0 Å². The fourth-order valence-electron chi connectivity index (χ4n) is 1.31. The number of pyridine rings is 1. The van der Waals surface area contributed by atoms with Gasteiger partial charge in [0.25, 0.3) is 0 Å². The highest BCUT2D eigenvalue weighted by atomic mass is 32.1. The number of hydrogen-bond donors (Lipinski definition) is 2. The molecule has 0 aliphatic rings. The molecule has 0 amide bonds. The van der Waals surface area contributed by atoms with Crippen LogP contribution in [-0.2, 0) is 6.54 Å². The normalized spacial score (nSPS) is 10.2. The van der Waals surface area contributed by atoms with Crippen LogP contribution in [0.4, 0.5) is 5.13 Å². The van der Waals surface area contributed by atoms with Crippen LogP contribution in [0, 0.1) is 6.92 Å². The van der Waals surface area contributed by atoms with E-state index in [0.29, 0.717) is 11.7 Å². The molecular weight excluding hydrogens is 238 g/mol. The first kappa shape index (κ1) is 11.5. The Bertz CT molecular complexity index is 539. The van der Waals surface area contributed by atoms with E-state index in [-0.39, 0.29) is 4.88 Å². The first-order valence-corrected chi connectivity index (χ1v) is 5.81. The number of carbonyl (C=O) groups is 1. The van der Waals surface area contributed by atoms with Crippen molar-refractivity contribution >= 4 is 22.4 Å². The summed E-state index contributed by atoms with van der Waals surface area (Å²) in [6, 6.07) is 1.93. The molecule has 0 bridgehead atoms. The van der Waals surface area contributed by atoms with Gasteiger partial charge in [0.05, 0.1) is 6.20 Å². The quantitative estimate of drug-likeness (QED) is 0.868. The number of thiazole rings is 1. The largest absolute Gasteiger partial charge is 0.477 e. The van der Waals surface area contributed by atoms with E-state index in [0.717, 1.165) is 22.5 Å². The molecule has 2 heterocycles. The standard InChI is InChI=1S/C11H11N3O2S/c1-7-2-3-12-4-8(7)5-13-11-14-6-9(17-11)10(15)16/h2-4,6H,5H2,1H3,(H,13,14)(H,15,16). The summed E-state index contributed by atoms with van der Waals surface area (Å²) in [7, 11) is 0. The molecule has 0 aromatic carbocycles. The molecule has 2 rings (SSSR count). The van der Waals surface area contributed by atoms with Gasteiger partial charge in [-0.25, -0.2) is 9.78 Å². The third-order valence-electron chi connectivity index (χ3n) is 2.29. The van der Waals surface area contributed by atoms with E-state index in [1.54, 1.807) is 12.4 Å². The van der Waals surface area contributed by atoms with Gasteiger partial charge < -0.3 is 10.4 Å². The predicted molar refractivity (Wildman–Crippen MR) is 65.4 cm³/mol. The minimum Gasteiger partial charge on any atom is -0.477 e. The lowest BCUT2D eigenvalue weighted by Crippen LogP contribution is -2.01. The summed E-state index contributed by atoms with van der Waals surface area (Å²) >= 11 is 1.12. The number of nitrogens with one attached hydrogen (secondary N) is 1. The van der Waals surface area contributed by atoms with Crippen molar-refractivity contribution in [3.8, 4) is 0 Å².